The van der Waals surface area contributed by atoms with E-state index in [1.165, 1.54) is 11.8 Å². The van der Waals surface area contributed by atoms with Crippen molar-refractivity contribution in [3.8, 4) is 0 Å². The van der Waals surface area contributed by atoms with Crippen LogP contribution in [0, 0.1) is 0 Å². The predicted molar refractivity (Wildman–Crippen MR) is 67.3 cm³/mol. The second-order valence-corrected chi connectivity index (χ2v) is 4.44. The molecule has 0 unspecified atom stereocenters. The normalized spacial score (nSPS) is 11.5. The van der Waals surface area contributed by atoms with Gasteiger partial charge in [0, 0.05) is 7.05 Å². The number of hydrogen-bond acceptors (Lipinski definition) is 4. The third-order valence-electron chi connectivity index (χ3n) is 2.10. The number of carbonyl (C=O) groups excluding carboxylic acids is 1. The van der Waals surface area contributed by atoms with E-state index in [4.69, 9.17) is 0 Å². The predicted octanol–water partition coefficient (Wildman–Crippen LogP) is 2.15. The number of rotatable bonds is 4. The van der Waals surface area contributed by atoms with Gasteiger partial charge < -0.3 is 4.57 Å². The van der Waals surface area contributed by atoms with Crippen LogP contribution in [0.2, 0.25) is 0 Å². The summed E-state index contributed by atoms with van der Waals surface area (Å²) in [5, 5.41) is 8.38. The Labute approximate surface area is 103 Å². The maximum absolute atomic E-state index is 11.0. The number of allylic oxidation sites excluding steroid dienone is 1. The lowest BCUT2D eigenvalue weighted by atomic mass is 10.2. The first kappa shape index (κ1) is 11.6. The van der Waals surface area contributed by atoms with Crippen LogP contribution in [0.1, 0.15) is 5.56 Å². The minimum Gasteiger partial charge on any atom is -0.311 e. The molecule has 0 atom stereocenters. The summed E-state index contributed by atoms with van der Waals surface area (Å²) < 4.78 is 1.77. The molecule has 0 aliphatic heterocycles. The number of aldehydes is 1. The Hall–Kier alpha value is -1.88. The summed E-state index contributed by atoms with van der Waals surface area (Å²) in [5.74, 6) is 0. The molecule has 0 N–H and O–H groups in total. The largest absolute Gasteiger partial charge is 0.311 e. The lowest BCUT2D eigenvalue weighted by molar-refractivity contribution is -0.104. The van der Waals surface area contributed by atoms with Gasteiger partial charge in [0.2, 0.25) is 0 Å². The molecule has 0 spiro atoms. The SMILES string of the molecule is Cn1cnnc1S/C(C=O)=C/c1ccccc1. The average molecular weight is 245 g/mol. The van der Waals surface area contributed by atoms with E-state index >= 15 is 0 Å². The molecule has 2 rings (SSSR count). The molecule has 86 valence electrons. The highest BCUT2D eigenvalue weighted by molar-refractivity contribution is 8.03. The third kappa shape index (κ3) is 3.04. The Bertz CT molecular complexity index is 534. The number of benzene rings is 1. The van der Waals surface area contributed by atoms with Gasteiger partial charge in [-0.15, -0.1) is 10.2 Å². The highest BCUT2D eigenvalue weighted by Crippen LogP contribution is 2.24. The van der Waals surface area contributed by atoms with Crippen molar-refractivity contribution in [2.45, 2.75) is 5.16 Å². The minimum atomic E-state index is 0.604. The van der Waals surface area contributed by atoms with Crippen LogP contribution in [0.3, 0.4) is 0 Å². The van der Waals surface area contributed by atoms with Crippen molar-refractivity contribution < 1.29 is 4.79 Å². The van der Waals surface area contributed by atoms with Crippen molar-refractivity contribution in [2.24, 2.45) is 7.05 Å². The van der Waals surface area contributed by atoms with Crippen LogP contribution in [0.15, 0.2) is 46.7 Å². The van der Waals surface area contributed by atoms with Crippen LogP contribution in [0.25, 0.3) is 6.08 Å². The van der Waals surface area contributed by atoms with Crippen molar-refractivity contribution in [2.75, 3.05) is 0 Å². The van der Waals surface area contributed by atoms with Crippen LogP contribution in [0.4, 0.5) is 0 Å². The van der Waals surface area contributed by atoms with E-state index in [1.54, 1.807) is 10.9 Å². The Morgan fingerprint density at radius 1 is 1.35 bits per heavy atom. The molecule has 1 aromatic heterocycles. The van der Waals surface area contributed by atoms with Crippen molar-refractivity contribution >= 4 is 24.1 Å². The van der Waals surface area contributed by atoms with Gasteiger partial charge in [0.15, 0.2) is 11.4 Å². The molecule has 0 saturated carbocycles. The first-order valence-corrected chi connectivity index (χ1v) is 5.85. The number of thioether (sulfide) groups is 1. The average Bonchev–Trinajstić information content (AvgIpc) is 2.75. The van der Waals surface area contributed by atoms with Crippen LogP contribution in [-0.4, -0.2) is 21.1 Å². The minimum absolute atomic E-state index is 0.604. The fourth-order valence-electron chi connectivity index (χ4n) is 1.27. The maximum Gasteiger partial charge on any atom is 0.195 e. The summed E-state index contributed by atoms with van der Waals surface area (Å²) in [5.41, 5.74) is 0.990. The Morgan fingerprint density at radius 2 is 2.12 bits per heavy atom. The second-order valence-electron chi connectivity index (χ2n) is 3.40. The zero-order valence-electron chi connectivity index (χ0n) is 9.28. The molecule has 0 bridgehead atoms. The quantitative estimate of drug-likeness (QED) is 0.470. The molecule has 17 heavy (non-hydrogen) atoms. The number of carbonyl (C=O) groups is 1. The number of aromatic nitrogens is 3. The first-order valence-electron chi connectivity index (χ1n) is 5.03. The van der Waals surface area contributed by atoms with Gasteiger partial charge in [0.1, 0.15) is 6.33 Å². The molecule has 0 aliphatic carbocycles. The monoisotopic (exact) mass is 245 g/mol. The van der Waals surface area contributed by atoms with E-state index < -0.39 is 0 Å². The molecule has 0 amide bonds. The third-order valence-corrected chi connectivity index (χ3v) is 3.11. The Morgan fingerprint density at radius 3 is 2.71 bits per heavy atom. The Kier molecular flexibility index (Phi) is 3.72. The van der Waals surface area contributed by atoms with Crippen molar-refractivity contribution in [3.63, 3.8) is 0 Å². The summed E-state index contributed by atoms with van der Waals surface area (Å²) >= 11 is 1.30. The molecule has 0 saturated heterocycles. The van der Waals surface area contributed by atoms with Crippen LogP contribution < -0.4 is 0 Å². The zero-order valence-corrected chi connectivity index (χ0v) is 10.1. The van der Waals surface area contributed by atoms with Crippen LogP contribution in [0.5, 0.6) is 0 Å². The number of hydrogen-bond donors (Lipinski definition) is 0. The van der Waals surface area contributed by atoms with E-state index in [0.29, 0.717) is 10.1 Å². The maximum atomic E-state index is 11.0. The fraction of sp³-hybridized carbons (Fsp3) is 0.0833. The van der Waals surface area contributed by atoms with E-state index in [9.17, 15) is 4.79 Å². The highest BCUT2D eigenvalue weighted by Gasteiger charge is 2.05. The summed E-state index contributed by atoms with van der Waals surface area (Å²) in [6.45, 7) is 0. The molecular weight excluding hydrogens is 234 g/mol. The van der Waals surface area contributed by atoms with E-state index in [1.807, 2.05) is 43.5 Å². The van der Waals surface area contributed by atoms with Gasteiger partial charge in [-0.3, -0.25) is 4.79 Å². The lowest BCUT2D eigenvalue weighted by Gasteiger charge is -1.99. The van der Waals surface area contributed by atoms with Crippen molar-refractivity contribution in [3.05, 3.63) is 47.1 Å². The van der Waals surface area contributed by atoms with E-state index in [-0.39, 0.29) is 0 Å². The van der Waals surface area contributed by atoms with Gasteiger partial charge in [-0.2, -0.15) is 0 Å². The van der Waals surface area contributed by atoms with Gasteiger partial charge in [-0.1, -0.05) is 30.3 Å². The first-order chi connectivity index (χ1) is 8.29. The molecule has 1 aromatic carbocycles. The molecule has 4 nitrogen and oxygen atoms in total. The van der Waals surface area contributed by atoms with Crippen LogP contribution in [-0.2, 0) is 11.8 Å². The highest BCUT2D eigenvalue weighted by atomic mass is 32.2. The van der Waals surface area contributed by atoms with Gasteiger partial charge in [0.05, 0.1) is 4.91 Å². The molecule has 1 heterocycles. The summed E-state index contributed by atoms with van der Waals surface area (Å²) in [6.07, 6.45) is 4.26. The van der Waals surface area contributed by atoms with E-state index in [0.717, 1.165) is 11.8 Å². The summed E-state index contributed by atoms with van der Waals surface area (Å²) in [6, 6.07) is 9.69. The topological polar surface area (TPSA) is 47.8 Å². The number of aryl methyl sites for hydroxylation is 1. The van der Waals surface area contributed by atoms with Gasteiger partial charge in [0.25, 0.3) is 0 Å². The summed E-state index contributed by atoms with van der Waals surface area (Å²) in [7, 11) is 1.84. The van der Waals surface area contributed by atoms with E-state index in [2.05, 4.69) is 10.2 Å². The zero-order chi connectivity index (χ0) is 12.1. The molecule has 2 aromatic rings. The van der Waals surface area contributed by atoms with Gasteiger partial charge >= 0.3 is 0 Å². The molecular formula is C12H11N3OS. The number of nitrogens with zero attached hydrogens (tertiary/aromatic N) is 3. The van der Waals surface area contributed by atoms with Gasteiger partial charge in [-0.05, 0) is 23.4 Å². The molecule has 0 radical (unpaired) electrons. The lowest BCUT2D eigenvalue weighted by Crippen LogP contribution is -1.90. The van der Waals surface area contributed by atoms with Crippen molar-refractivity contribution in [1.82, 2.24) is 14.8 Å². The van der Waals surface area contributed by atoms with Crippen LogP contribution >= 0.6 is 11.8 Å². The molecule has 0 fully saturated rings. The smallest absolute Gasteiger partial charge is 0.195 e. The standard InChI is InChI=1S/C12H11N3OS/c1-15-9-13-14-12(15)17-11(8-16)7-10-5-3-2-4-6-10/h2-9H,1H3/b11-7+. The second kappa shape index (κ2) is 5.45. The molecule has 0 aliphatic rings. The molecule has 5 heteroatoms. The summed E-state index contributed by atoms with van der Waals surface area (Å²) in [4.78, 5) is 11.6. The van der Waals surface area contributed by atoms with Crippen molar-refractivity contribution in [1.29, 1.82) is 0 Å². The fourth-order valence-corrected chi connectivity index (χ4v) is 2.00. The van der Waals surface area contributed by atoms with Gasteiger partial charge in [-0.25, -0.2) is 0 Å². The Balaban J connectivity index is 2.20.